The highest BCUT2D eigenvalue weighted by Gasteiger charge is 2.36. The Labute approximate surface area is 141 Å². The second-order valence-corrected chi connectivity index (χ2v) is 5.84. The first-order valence-corrected chi connectivity index (χ1v) is 8.16. The number of nitrogens with zero attached hydrogens (tertiary/aromatic N) is 3. The minimum atomic E-state index is -0.426. The van der Waals surface area contributed by atoms with Gasteiger partial charge in [-0.2, -0.15) is 0 Å². The van der Waals surface area contributed by atoms with Crippen molar-refractivity contribution in [3.05, 3.63) is 54.1 Å². The second kappa shape index (κ2) is 8.17. The summed E-state index contributed by atoms with van der Waals surface area (Å²) in [5, 5.41) is 0. The Morgan fingerprint density at radius 2 is 1.92 bits per heavy atom. The fourth-order valence-corrected chi connectivity index (χ4v) is 3.10. The molecule has 0 bridgehead atoms. The molecule has 1 fully saturated rings. The molecule has 1 aliphatic rings. The van der Waals surface area contributed by atoms with E-state index in [1.54, 1.807) is 7.11 Å². The molecule has 0 saturated carbocycles. The van der Waals surface area contributed by atoms with E-state index in [-0.39, 0.29) is 12.1 Å². The van der Waals surface area contributed by atoms with E-state index in [1.807, 2.05) is 18.2 Å². The van der Waals surface area contributed by atoms with Crippen LogP contribution in [0.5, 0.6) is 0 Å². The lowest BCUT2D eigenvalue weighted by Gasteiger charge is -2.28. The number of halogens is 1. The van der Waals surface area contributed by atoms with Crippen LogP contribution in [0.1, 0.15) is 12.0 Å². The number of aromatic nitrogens is 2. The third kappa shape index (κ3) is 4.07. The summed E-state index contributed by atoms with van der Waals surface area (Å²) in [4.78, 5) is 10.4. The molecule has 0 N–H and O–H groups in total. The van der Waals surface area contributed by atoms with Gasteiger partial charge in [-0.25, -0.2) is 14.4 Å². The van der Waals surface area contributed by atoms with Crippen LogP contribution in [0.4, 0.5) is 10.3 Å². The average Bonchev–Trinajstić information content (AvgIpc) is 2.99. The summed E-state index contributed by atoms with van der Waals surface area (Å²) in [6.07, 6.45) is 4.22. The first-order valence-electron chi connectivity index (χ1n) is 8.16. The molecule has 6 heteroatoms. The van der Waals surface area contributed by atoms with Crippen LogP contribution in [0.25, 0.3) is 0 Å². The number of benzene rings is 1. The molecule has 0 amide bonds. The number of rotatable bonds is 7. The predicted molar refractivity (Wildman–Crippen MR) is 89.5 cm³/mol. The molecule has 1 aromatic carbocycles. The van der Waals surface area contributed by atoms with Crippen molar-refractivity contribution in [2.75, 3.05) is 31.8 Å². The maximum absolute atomic E-state index is 13.1. The largest absolute Gasteiger partial charge is 0.382 e. The molecule has 0 spiro atoms. The van der Waals surface area contributed by atoms with Gasteiger partial charge in [0, 0.05) is 13.7 Å². The minimum absolute atomic E-state index is 0.0778. The van der Waals surface area contributed by atoms with Crippen molar-refractivity contribution >= 4 is 5.95 Å². The molecule has 2 aromatic rings. The van der Waals surface area contributed by atoms with Crippen LogP contribution in [0, 0.1) is 5.82 Å². The first-order chi connectivity index (χ1) is 11.8. The van der Waals surface area contributed by atoms with E-state index in [9.17, 15) is 4.39 Å². The number of hydrogen-bond acceptors (Lipinski definition) is 5. The predicted octanol–water partition coefficient (Wildman–Crippen LogP) is 2.47. The number of ether oxygens (including phenoxy) is 2. The number of hydrogen-bond donors (Lipinski definition) is 0. The lowest BCUT2D eigenvalue weighted by molar-refractivity contribution is 0.0136. The lowest BCUT2D eigenvalue weighted by atomic mass is 10.0. The Morgan fingerprint density at radius 3 is 2.62 bits per heavy atom. The van der Waals surface area contributed by atoms with Gasteiger partial charge in [0.1, 0.15) is 0 Å². The van der Waals surface area contributed by atoms with E-state index in [1.165, 1.54) is 18.0 Å². The highest BCUT2D eigenvalue weighted by atomic mass is 19.1. The molecular formula is C18H22FN3O2. The van der Waals surface area contributed by atoms with E-state index < -0.39 is 5.82 Å². The molecule has 3 rings (SSSR count). The van der Waals surface area contributed by atoms with Crippen LogP contribution in [0.15, 0.2) is 42.7 Å². The quantitative estimate of drug-likeness (QED) is 0.730. The van der Waals surface area contributed by atoms with Crippen molar-refractivity contribution < 1.29 is 13.9 Å². The highest BCUT2D eigenvalue weighted by molar-refractivity contribution is 5.35. The zero-order valence-corrected chi connectivity index (χ0v) is 13.8. The molecule has 0 aliphatic carbocycles. The van der Waals surface area contributed by atoms with Crippen molar-refractivity contribution in [3.8, 4) is 0 Å². The fourth-order valence-electron chi connectivity index (χ4n) is 3.10. The normalized spacial score (nSPS) is 20.5. The molecule has 5 nitrogen and oxygen atoms in total. The SMILES string of the molecule is COCCO[C@@H]1CCN(c2ncc(F)cn2)[C@@H]1Cc1ccccc1. The second-order valence-electron chi connectivity index (χ2n) is 5.84. The van der Waals surface area contributed by atoms with Crippen LogP contribution in [0.2, 0.25) is 0 Å². The molecule has 2 heterocycles. The monoisotopic (exact) mass is 331 g/mol. The van der Waals surface area contributed by atoms with Crippen molar-refractivity contribution in [1.82, 2.24) is 9.97 Å². The molecule has 0 unspecified atom stereocenters. The van der Waals surface area contributed by atoms with E-state index >= 15 is 0 Å². The van der Waals surface area contributed by atoms with Crippen LogP contribution in [-0.2, 0) is 15.9 Å². The number of methoxy groups -OCH3 is 1. The number of anilines is 1. The summed E-state index contributed by atoms with van der Waals surface area (Å²) in [5.41, 5.74) is 1.23. The molecule has 1 aromatic heterocycles. The van der Waals surface area contributed by atoms with E-state index in [0.717, 1.165) is 19.4 Å². The lowest BCUT2D eigenvalue weighted by Crippen LogP contribution is -2.39. The maximum atomic E-state index is 13.1. The zero-order chi connectivity index (χ0) is 16.8. The van der Waals surface area contributed by atoms with Gasteiger partial charge in [-0.05, 0) is 18.4 Å². The smallest absolute Gasteiger partial charge is 0.225 e. The van der Waals surface area contributed by atoms with Crippen LogP contribution in [-0.4, -0.2) is 49.0 Å². The average molecular weight is 331 g/mol. The Bertz CT molecular complexity index is 624. The van der Waals surface area contributed by atoms with Gasteiger partial charge in [0.2, 0.25) is 5.95 Å². The minimum Gasteiger partial charge on any atom is -0.382 e. The molecule has 2 atom stereocenters. The van der Waals surface area contributed by atoms with Crippen LogP contribution < -0.4 is 4.90 Å². The summed E-state index contributed by atoms with van der Waals surface area (Å²) >= 11 is 0. The van der Waals surface area contributed by atoms with Gasteiger partial charge in [0.05, 0.1) is 37.8 Å². The van der Waals surface area contributed by atoms with Crippen molar-refractivity contribution in [2.24, 2.45) is 0 Å². The fraction of sp³-hybridized carbons (Fsp3) is 0.444. The van der Waals surface area contributed by atoms with Crippen LogP contribution >= 0.6 is 0 Å². The van der Waals surface area contributed by atoms with Gasteiger partial charge in [-0.15, -0.1) is 0 Å². The summed E-state index contributed by atoms with van der Waals surface area (Å²) in [6.45, 7) is 1.92. The van der Waals surface area contributed by atoms with Gasteiger partial charge >= 0.3 is 0 Å². The van der Waals surface area contributed by atoms with Gasteiger partial charge in [-0.1, -0.05) is 30.3 Å². The summed E-state index contributed by atoms with van der Waals surface area (Å²) in [7, 11) is 1.66. The van der Waals surface area contributed by atoms with Crippen LogP contribution in [0.3, 0.4) is 0 Å². The van der Waals surface area contributed by atoms with E-state index in [0.29, 0.717) is 19.2 Å². The molecular weight excluding hydrogens is 309 g/mol. The molecule has 1 saturated heterocycles. The van der Waals surface area contributed by atoms with E-state index in [2.05, 4.69) is 27.0 Å². The molecule has 128 valence electrons. The summed E-state index contributed by atoms with van der Waals surface area (Å²) in [5.74, 6) is 0.126. The molecule has 24 heavy (non-hydrogen) atoms. The van der Waals surface area contributed by atoms with Gasteiger partial charge in [0.15, 0.2) is 5.82 Å². The molecule has 1 aliphatic heterocycles. The van der Waals surface area contributed by atoms with Crippen molar-refractivity contribution in [3.63, 3.8) is 0 Å². The Hall–Kier alpha value is -2.05. The standard InChI is InChI=1S/C18H22FN3O2/c1-23-9-10-24-17-7-8-22(18-20-12-15(19)13-21-18)16(17)11-14-5-3-2-4-6-14/h2-6,12-13,16-17H,7-11H2,1H3/t16-,17-/m1/s1. The van der Waals surface area contributed by atoms with Crippen molar-refractivity contribution in [2.45, 2.75) is 25.0 Å². The van der Waals surface area contributed by atoms with Gasteiger partial charge in [-0.3, -0.25) is 0 Å². The Morgan fingerprint density at radius 1 is 1.17 bits per heavy atom. The third-order valence-corrected chi connectivity index (χ3v) is 4.25. The third-order valence-electron chi connectivity index (χ3n) is 4.25. The Kier molecular flexibility index (Phi) is 5.72. The molecule has 0 radical (unpaired) electrons. The first kappa shape index (κ1) is 16.8. The zero-order valence-electron chi connectivity index (χ0n) is 13.8. The summed E-state index contributed by atoms with van der Waals surface area (Å²) in [6, 6.07) is 10.4. The highest BCUT2D eigenvalue weighted by Crippen LogP contribution is 2.27. The van der Waals surface area contributed by atoms with Gasteiger partial charge in [0.25, 0.3) is 0 Å². The maximum Gasteiger partial charge on any atom is 0.225 e. The topological polar surface area (TPSA) is 47.5 Å². The van der Waals surface area contributed by atoms with Gasteiger partial charge < -0.3 is 14.4 Å². The van der Waals surface area contributed by atoms with E-state index in [4.69, 9.17) is 9.47 Å². The Balaban J connectivity index is 1.77. The van der Waals surface area contributed by atoms with Crippen molar-refractivity contribution in [1.29, 1.82) is 0 Å². The summed E-state index contributed by atoms with van der Waals surface area (Å²) < 4.78 is 24.2.